The van der Waals surface area contributed by atoms with Gasteiger partial charge in [-0.15, -0.1) is 10.2 Å². The number of benzene rings is 2. The Kier molecular flexibility index (Phi) is 6.29. The fourth-order valence-electron chi connectivity index (χ4n) is 2.35. The smallest absolute Gasteiger partial charge is 0.277 e. The van der Waals surface area contributed by atoms with Gasteiger partial charge in [0.25, 0.3) is 10.9 Å². The average Bonchev–Trinajstić information content (AvgIpc) is 3.21. The van der Waals surface area contributed by atoms with E-state index in [2.05, 4.69) is 15.5 Å². The Bertz CT molecular complexity index is 1020. The number of aromatic nitrogens is 2. The highest BCUT2D eigenvalue weighted by molar-refractivity contribution is 7.99. The summed E-state index contributed by atoms with van der Waals surface area (Å²) >= 11 is 1.07. The van der Waals surface area contributed by atoms with E-state index in [1.165, 1.54) is 38.5 Å². The van der Waals surface area contributed by atoms with Crippen molar-refractivity contribution in [3.63, 3.8) is 0 Å². The predicted molar refractivity (Wildman–Crippen MR) is 105 cm³/mol. The van der Waals surface area contributed by atoms with Crippen molar-refractivity contribution in [2.24, 2.45) is 0 Å². The number of nitrogens with zero attached hydrogens (tertiary/aromatic N) is 3. The molecular formula is C18H16N4O6S. The molecule has 11 heteroatoms. The van der Waals surface area contributed by atoms with Gasteiger partial charge in [0.15, 0.2) is 11.5 Å². The van der Waals surface area contributed by atoms with E-state index in [1.54, 1.807) is 18.2 Å². The van der Waals surface area contributed by atoms with Crippen LogP contribution in [0.4, 0.5) is 11.4 Å². The van der Waals surface area contributed by atoms with Gasteiger partial charge in [0.05, 0.1) is 24.9 Å². The molecule has 1 aromatic heterocycles. The molecule has 10 nitrogen and oxygen atoms in total. The van der Waals surface area contributed by atoms with Crippen molar-refractivity contribution in [1.29, 1.82) is 0 Å². The van der Waals surface area contributed by atoms with Crippen LogP contribution in [-0.4, -0.2) is 41.0 Å². The van der Waals surface area contributed by atoms with Crippen molar-refractivity contribution in [2.75, 3.05) is 25.3 Å². The molecule has 1 N–H and O–H groups in total. The van der Waals surface area contributed by atoms with Crippen molar-refractivity contribution < 1.29 is 23.6 Å². The molecule has 0 bridgehead atoms. The Morgan fingerprint density at radius 2 is 1.86 bits per heavy atom. The lowest BCUT2D eigenvalue weighted by Crippen LogP contribution is -2.14. The van der Waals surface area contributed by atoms with E-state index >= 15 is 0 Å². The molecule has 0 saturated heterocycles. The first-order valence-electron chi connectivity index (χ1n) is 8.23. The Morgan fingerprint density at radius 3 is 2.52 bits per heavy atom. The first kappa shape index (κ1) is 20.1. The minimum atomic E-state index is -0.490. The molecule has 150 valence electrons. The van der Waals surface area contributed by atoms with Gasteiger partial charge in [0, 0.05) is 29.4 Å². The largest absolute Gasteiger partial charge is 0.493 e. The molecule has 0 atom stereocenters. The normalized spacial score (nSPS) is 10.4. The van der Waals surface area contributed by atoms with Crippen LogP contribution in [0.1, 0.15) is 0 Å². The molecule has 0 aliphatic carbocycles. The van der Waals surface area contributed by atoms with E-state index in [0.29, 0.717) is 22.7 Å². The maximum atomic E-state index is 12.2. The van der Waals surface area contributed by atoms with E-state index in [9.17, 15) is 14.9 Å². The molecule has 1 amide bonds. The summed E-state index contributed by atoms with van der Waals surface area (Å²) in [6, 6.07) is 10.8. The van der Waals surface area contributed by atoms with Crippen LogP contribution in [0, 0.1) is 10.1 Å². The number of nitro benzene ring substituents is 1. The minimum Gasteiger partial charge on any atom is -0.493 e. The van der Waals surface area contributed by atoms with Crippen LogP contribution in [0.5, 0.6) is 11.5 Å². The molecular weight excluding hydrogens is 400 g/mol. The molecule has 0 aliphatic heterocycles. The highest BCUT2D eigenvalue weighted by Gasteiger charge is 2.13. The third-order valence-corrected chi connectivity index (χ3v) is 4.54. The Hall–Kier alpha value is -3.60. The van der Waals surface area contributed by atoms with Gasteiger partial charge < -0.3 is 19.2 Å². The number of non-ortho nitro benzene ring substituents is 1. The quantitative estimate of drug-likeness (QED) is 0.333. The van der Waals surface area contributed by atoms with Crippen molar-refractivity contribution in [1.82, 2.24) is 10.2 Å². The van der Waals surface area contributed by atoms with Crippen LogP contribution in [0.25, 0.3) is 11.5 Å². The molecule has 0 spiro atoms. The molecule has 2 aromatic carbocycles. The monoisotopic (exact) mass is 416 g/mol. The number of rotatable bonds is 8. The second-order valence-electron chi connectivity index (χ2n) is 5.58. The number of ether oxygens (including phenoxy) is 2. The highest BCUT2D eigenvalue weighted by atomic mass is 32.2. The molecule has 1 heterocycles. The predicted octanol–water partition coefficient (Wildman–Crippen LogP) is 3.39. The van der Waals surface area contributed by atoms with Crippen LogP contribution >= 0.6 is 11.8 Å². The third-order valence-electron chi connectivity index (χ3n) is 3.73. The molecule has 0 saturated carbocycles. The topological polar surface area (TPSA) is 130 Å². The maximum Gasteiger partial charge on any atom is 0.277 e. The first-order valence-corrected chi connectivity index (χ1v) is 9.21. The molecule has 0 unspecified atom stereocenters. The van der Waals surface area contributed by atoms with Crippen molar-refractivity contribution in [2.45, 2.75) is 5.22 Å². The zero-order chi connectivity index (χ0) is 20.8. The first-order chi connectivity index (χ1) is 14.0. The zero-order valence-corrected chi connectivity index (χ0v) is 16.3. The minimum absolute atomic E-state index is 0.0327. The summed E-state index contributed by atoms with van der Waals surface area (Å²) in [7, 11) is 3.04. The molecule has 0 radical (unpaired) electrons. The number of amides is 1. The third kappa shape index (κ3) is 5.02. The molecule has 29 heavy (non-hydrogen) atoms. The number of thioether (sulfide) groups is 1. The van der Waals surface area contributed by atoms with E-state index in [4.69, 9.17) is 13.9 Å². The highest BCUT2D eigenvalue weighted by Crippen LogP contribution is 2.30. The number of hydrogen-bond donors (Lipinski definition) is 1. The summed E-state index contributed by atoms with van der Waals surface area (Å²) in [6.45, 7) is 0. The second-order valence-corrected chi connectivity index (χ2v) is 6.51. The van der Waals surface area contributed by atoms with Gasteiger partial charge in [-0.1, -0.05) is 11.8 Å². The fourth-order valence-corrected chi connectivity index (χ4v) is 2.91. The van der Waals surface area contributed by atoms with Crippen molar-refractivity contribution >= 4 is 29.0 Å². The summed E-state index contributed by atoms with van der Waals surface area (Å²) in [5.41, 5.74) is 1.07. The van der Waals surface area contributed by atoms with E-state index in [1.807, 2.05) is 0 Å². The van der Waals surface area contributed by atoms with Gasteiger partial charge in [-0.05, 0) is 24.3 Å². The van der Waals surface area contributed by atoms with E-state index in [-0.39, 0.29) is 28.5 Å². The maximum absolute atomic E-state index is 12.2. The van der Waals surface area contributed by atoms with Gasteiger partial charge >= 0.3 is 0 Å². The van der Waals surface area contributed by atoms with Gasteiger partial charge in [0.1, 0.15) is 0 Å². The fraction of sp³-hybridized carbons (Fsp3) is 0.167. The molecule has 3 aromatic rings. The van der Waals surface area contributed by atoms with Crippen LogP contribution in [0.2, 0.25) is 0 Å². The summed E-state index contributed by atoms with van der Waals surface area (Å²) < 4.78 is 15.8. The summed E-state index contributed by atoms with van der Waals surface area (Å²) in [5.74, 6) is 1.06. The Balaban J connectivity index is 1.58. The van der Waals surface area contributed by atoms with Gasteiger partial charge in [-0.2, -0.15) is 0 Å². The number of carbonyl (C=O) groups is 1. The van der Waals surface area contributed by atoms with E-state index in [0.717, 1.165) is 11.8 Å². The van der Waals surface area contributed by atoms with Crippen LogP contribution < -0.4 is 14.8 Å². The van der Waals surface area contributed by atoms with Crippen molar-refractivity contribution in [3.8, 4) is 23.0 Å². The van der Waals surface area contributed by atoms with Crippen LogP contribution in [0.15, 0.2) is 52.1 Å². The number of anilines is 1. The summed E-state index contributed by atoms with van der Waals surface area (Å²) in [4.78, 5) is 22.4. The Morgan fingerprint density at radius 1 is 1.14 bits per heavy atom. The molecule has 3 rings (SSSR count). The van der Waals surface area contributed by atoms with Crippen LogP contribution in [-0.2, 0) is 4.79 Å². The van der Waals surface area contributed by atoms with Gasteiger partial charge in [-0.25, -0.2) is 0 Å². The lowest BCUT2D eigenvalue weighted by atomic mass is 10.2. The molecule has 0 aliphatic rings. The Labute approximate surface area is 169 Å². The lowest BCUT2D eigenvalue weighted by molar-refractivity contribution is -0.384. The van der Waals surface area contributed by atoms with E-state index < -0.39 is 4.92 Å². The number of hydrogen-bond acceptors (Lipinski definition) is 9. The van der Waals surface area contributed by atoms with Gasteiger partial charge in [0.2, 0.25) is 11.8 Å². The summed E-state index contributed by atoms with van der Waals surface area (Å²) in [6.07, 6.45) is 0. The van der Waals surface area contributed by atoms with Crippen molar-refractivity contribution in [3.05, 3.63) is 52.6 Å². The second kappa shape index (κ2) is 9.06. The van der Waals surface area contributed by atoms with Gasteiger partial charge in [-0.3, -0.25) is 14.9 Å². The number of carbonyl (C=O) groups excluding carboxylic acids is 1. The molecule has 0 fully saturated rings. The number of methoxy groups -OCH3 is 2. The average molecular weight is 416 g/mol. The lowest BCUT2D eigenvalue weighted by Gasteiger charge is -2.10. The number of nitro groups is 1. The zero-order valence-electron chi connectivity index (χ0n) is 15.4. The standard InChI is InChI=1S/C18H16N4O6S/c1-26-14-8-5-12(9-15(14)27-2)19-16(23)10-29-18-21-20-17(28-18)11-3-6-13(7-4-11)22(24)25/h3-9H,10H2,1-2H3,(H,19,23). The SMILES string of the molecule is COc1ccc(NC(=O)CSc2nnc(-c3ccc([N+](=O)[O-])cc3)o2)cc1OC. The number of nitrogens with one attached hydrogen (secondary N) is 1. The van der Waals surface area contributed by atoms with Crippen LogP contribution in [0.3, 0.4) is 0 Å². The summed E-state index contributed by atoms with van der Waals surface area (Å²) in [5, 5.41) is 21.4.